The van der Waals surface area contributed by atoms with E-state index in [1.54, 1.807) is 40.1 Å². The molecular weight excluding hydrogens is 1240 g/mol. The van der Waals surface area contributed by atoms with Crippen LogP contribution in [-0.4, -0.2) is 34.7 Å². The van der Waals surface area contributed by atoms with E-state index in [1.807, 2.05) is 15.9 Å². The fraction of sp³-hybridized carbons (Fsp3) is 0.477. The van der Waals surface area contributed by atoms with Gasteiger partial charge in [-0.2, -0.15) is 10.5 Å². The third-order valence-corrected chi connectivity index (χ3v) is 25.1. The van der Waals surface area contributed by atoms with Crippen LogP contribution in [0.3, 0.4) is 0 Å². The molecular formula is C88H106N4O2S3. The molecule has 2 aliphatic heterocycles. The van der Waals surface area contributed by atoms with Crippen molar-refractivity contribution in [2.24, 2.45) is 0 Å². The first-order valence-corrected chi connectivity index (χ1v) is 40.6. The smallest absolute Gasteiger partial charge is 0.261 e. The van der Waals surface area contributed by atoms with Gasteiger partial charge in [0.25, 0.3) is 11.8 Å². The van der Waals surface area contributed by atoms with Crippen molar-refractivity contribution in [1.82, 2.24) is 9.80 Å². The van der Waals surface area contributed by atoms with E-state index in [9.17, 15) is 10.5 Å². The third kappa shape index (κ3) is 15.2. The van der Waals surface area contributed by atoms with Crippen molar-refractivity contribution < 1.29 is 9.59 Å². The summed E-state index contributed by atoms with van der Waals surface area (Å²) in [6, 6.07) is 46.0. The van der Waals surface area contributed by atoms with Gasteiger partial charge in [-0.15, -0.1) is 34.0 Å². The number of allylic oxidation sites excluding steroid dienone is 1. The van der Waals surface area contributed by atoms with Crippen LogP contribution in [0, 0.1) is 22.7 Å². The van der Waals surface area contributed by atoms with Crippen LogP contribution in [0.15, 0.2) is 131 Å². The number of carbonyl (C=O) groups excluding carboxylic acids is 2. The first-order chi connectivity index (χ1) is 47.6. The van der Waals surface area contributed by atoms with E-state index in [-0.39, 0.29) is 28.2 Å². The van der Waals surface area contributed by atoms with Gasteiger partial charge in [-0.25, -0.2) is 0 Å². The lowest BCUT2D eigenvalue weighted by molar-refractivity contribution is -0.124. The van der Waals surface area contributed by atoms with Gasteiger partial charge in [0, 0.05) is 38.6 Å². The molecule has 3 aromatic heterocycles. The Labute approximate surface area is 594 Å². The summed E-state index contributed by atoms with van der Waals surface area (Å²) < 4.78 is 0. The normalized spacial score (nSPS) is 14.7. The van der Waals surface area contributed by atoms with Gasteiger partial charge in [-0.3, -0.25) is 9.59 Å². The Morgan fingerprint density at radius 3 is 1.20 bits per heavy atom. The minimum Gasteiger partial charge on any atom is -0.306 e. The molecule has 0 saturated carbocycles. The molecule has 6 nitrogen and oxygen atoms in total. The second-order valence-corrected chi connectivity index (χ2v) is 31.5. The van der Waals surface area contributed by atoms with Crippen LogP contribution in [-0.2, 0) is 20.4 Å². The number of hydrogen-bond acceptors (Lipinski definition) is 7. The molecule has 0 atom stereocenters. The molecule has 0 radical (unpaired) electrons. The number of nitriles is 2. The number of hydrogen-bond donors (Lipinski definition) is 0. The summed E-state index contributed by atoms with van der Waals surface area (Å²) in [6.07, 6.45) is 38.8. The zero-order valence-electron chi connectivity index (χ0n) is 59.4. The lowest BCUT2D eigenvalue weighted by Crippen LogP contribution is -2.30. The van der Waals surface area contributed by atoms with E-state index >= 15 is 9.59 Å². The quantitative estimate of drug-likeness (QED) is 0.0283. The van der Waals surface area contributed by atoms with Crippen LogP contribution in [0.1, 0.15) is 285 Å². The highest BCUT2D eigenvalue weighted by Crippen LogP contribution is 2.59. The summed E-state index contributed by atoms with van der Waals surface area (Å²) in [5, 5.41) is 21.6. The van der Waals surface area contributed by atoms with Gasteiger partial charge >= 0.3 is 0 Å². The molecule has 2 aliphatic carbocycles. The highest BCUT2D eigenvalue weighted by molar-refractivity contribution is 7.17. The molecule has 0 saturated heterocycles. The number of fused-ring (bicyclic) bond motifs is 7. The Morgan fingerprint density at radius 2 is 0.763 bits per heavy atom. The maximum absolute atomic E-state index is 16.0. The van der Waals surface area contributed by atoms with Crippen molar-refractivity contribution in [3.8, 4) is 65.7 Å². The lowest BCUT2D eigenvalue weighted by atomic mass is 9.70. The van der Waals surface area contributed by atoms with Crippen molar-refractivity contribution >= 4 is 63.3 Å². The predicted octanol–water partition coefficient (Wildman–Crippen LogP) is 26.2. The average Bonchev–Trinajstić information content (AvgIpc) is 1.57. The van der Waals surface area contributed by atoms with E-state index in [0.717, 1.165) is 119 Å². The van der Waals surface area contributed by atoms with Crippen molar-refractivity contribution in [2.75, 3.05) is 13.1 Å². The molecule has 11 rings (SSSR count). The highest BCUT2D eigenvalue weighted by Gasteiger charge is 2.50. The molecule has 0 unspecified atom stereocenters. The van der Waals surface area contributed by atoms with E-state index in [4.69, 9.17) is 0 Å². The monoisotopic (exact) mass is 1350 g/mol. The number of unbranched alkanes of at least 4 members (excludes halogenated alkanes) is 22. The highest BCUT2D eigenvalue weighted by atomic mass is 32.1. The summed E-state index contributed by atoms with van der Waals surface area (Å²) in [5.74, 6) is -0.0642. The largest absolute Gasteiger partial charge is 0.306 e. The SMILES string of the molecule is CCCCCCCCN1C(=O)C2=C(c3ccc(-c4ccc5c(c4)C(CCCCCC)(CCCCCC)c4cc(-c6sccc6C=C(C#N)C#N)ccc4-5)s3)N(CCCCCCCC)C(=O)C2=C1c1ccc(-c2ccc3c(c2)C(CCCCCC)(CCCCCC)c2ccccc2-3)s1. The van der Waals surface area contributed by atoms with Gasteiger partial charge in [0.05, 0.1) is 32.3 Å². The van der Waals surface area contributed by atoms with Crippen molar-refractivity contribution in [3.05, 3.63) is 169 Å². The third-order valence-electron chi connectivity index (χ3n) is 21.9. The van der Waals surface area contributed by atoms with E-state index < -0.39 is 0 Å². The molecule has 97 heavy (non-hydrogen) atoms. The summed E-state index contributed by atoms with van der Waals surface area (Å²) >= 11 is 5.16. The van der Waals surface area contributed by atoms with Gasteiger partial charge in [0.15, 0.2) is 0 Å². The van der Waals surface area contributed by atoms with Gasteiger partial charge in [-0.05, 0) is 165 Å². The molecule has 0 bridgehead atoms. The first-order valence-electron chi connectivity index (χ1n) is 38.1. The average molecular weight is 1350 g/mol. The second-order valence-electron chi connectivity index (χ2n) is 28.4. The summed E-state index contributed by atoms with van der Waals surface area (Å²) in [4.78, 5) is 41.3. The predicted molar refractivity (Wildman–Crippen MR) is 414 cm³/mol. The molecule has 2 amide bonds. The molecule has 7 aromatic rings. The van der Waals surface area contributed by atoms with Gasteiger partial charge in [0.2, 0.25) is 0 Å². The fourth-order valence-corrected chi connectivity index (χ4v) is 19.7. The van der Waals surface area contributed by atoms with Crippen LogP contribution < -0.4 is 0 Å². The van der Waals surface area contributed by atoms with Gasteiger partial charge in [-0.1, -0.05) is 269 Å². The molecule has 508 valence electrons. The molecule has 4 aliphatic rings. The van der Waals surface area contributed by atoms with E-state index in [1.165, 1.54) is 189 Å². The van der Waals surface area contributed by atoms with Gasteiger partial charge in [0.1, 0.15) is 17.7 Å². The van der Waals surface area contributed by atoms with Crippen molar-refractivity contribution in [2.45, 2.75) is 258 Å². The summed E-state index contributed by atoms with van der Waals surface area (Å²) in [5.41, 5.74) is 18.2. The standard InChI is InChI=1S/C88H106N4O2S3/c1-7-13-19-25-27-35-54-91-82(78-47-45-76(96-78)64-39-42-69-68-37-29-30-38-72(68)87(73(69)58-64,50-31-21-15-9-3)51-32-22-16-10-4)80-81(86(91)94)83(92(85(80)93)55-36-28-26-20-14-8-2)79-48-46-77(97-79)65-40-43-70-71-44-41-66(84-67(49-56-95-84)57-63(61-89)62-90)60-75(71)88(74(70)59-65,52-33-23-17-11-5)53-34-24-18-12-6/h29-30,37-49,56-60H,7-28,31-36,50-55H2,1-6H3. The maximum Gasteiger partial charge on any atom is 0.261 e. The van der Waals surface area contributed by atoms with Gasteiger partial charge < -0.3 is 9.80 Å². The molecule has 0 fully saturated rings. The van der Waals surface area contributed by atoms with Crippen LogP contribution >= 0.6 is 34.0 Å². The Bertz CT molecular complexity index is 4010. The number of carbonyl (C=O) groups is 2. The van der Waals surface area contributed by atoms with Crippen molar-refractivity contribution in [1.29, 1.82) is 10.5 Å². The number of thiophene rings is 3. The minimum absolute atomic E-state index is 0.0311. The Hall–Kier alpha value is -6.88. The van der Waals surface area contributed by atoms with Crippen LogP contribution in [0.2, 0.25) is 0 Å². The molecule has 5 heterocycles. The van der Waals surface area contributed by atoms with Crippen LogP contribution in [0.25, 0.3) is 71.0 Å². The minimum atomic E-state index is -0.210. The maximum atomic E-state index is 16.0. The number of nitrogens with zero attached hydrogens (tertiary/aromatic N) is 4. The first kappa shape index (κ1) is 71.4. The number of amides is 2. The second kappa shape index (κ2) is 34.3. The molecule has 4 aromatic carbocycles. The zero-order chi connectivity index (χ0) is 67.7. The fourth-order valence-electron chi connectivity index (χ4n) is 16.7. The van der Waals surface area contributed by atoms with Crippen LogP contribution in [0.4, 0.5) is 0 Å². The zero-order valence-corrected chi connectivity index (χ0v) is 61.9. The topological polar surface area (TPSA) is 88.2 Å². The summed E-state index contributed by atoms with van der Waals surface area (Å²) in [7, 11) is 0. The van der Waals surface area contributed by atoms with Crippen LogP contribution in [0.5, 0.6) is 0 Å². The Kier molecular flexibility index (Phi) is 25.2. The summed E-state index contributed by atoms with van der Waals surface area (Å²) in [6.45, 7) is 14.9. The molecule has 0 spiro atoms. The number of rotatable bonds is 40. The van der Waals surface area contributed by atoms with E-state index in [2.05, 4.69) is 162 Å². The number of benzene rings is 4. The molecule has 0 N–H and O–H groups in total. The molecule has 9 heteroatoms. The Balaban J connectivity index is 1.01. The van der Waals surface area contributed by atoms with Crippen molar-refractivity contribution in [3.63, 3.8) is 0 Å². The Morgan fingerprint density at radius 1 is 0.402 bits per heavy atom. The van der Waals surface area contributed by atoms with E-state index in [0.29, 0.717) is 24.2 Å². The lowest BCUT2D eigenvalue weighted by Gasteiger charge is -2.33.